The Morgan fingerprint density at radius 2 is 2.19 bits per heavy atom. The Labute approximate surface area is 128 Å². The van der Waals surface area contributed by atoms with Gasteiger partial charge in [-0.1, -0.05) is 18.5 Å². The summed E-state index contributed by atoms with van der Waals surface area (Å²) in [6.45, 7) is 3.63. The number of benzene rings is 1. The van der Waals surface area contributed by atoms with Gasteiger partial charge in [-0.25, -0.2) is 0 Å². The number of ether oxygens (including phenoxy) is 1. The molecule has 21 heavy (non-hydrogen) atoms. The number of rotatable bonds is 5. The molecule has 114 valence electrons. The lowest BCUT2D eigenvalue weighted by molar-refractivity contribution is -0.120. The lowest BCUT2D eigenvalue weighted by atomic mass is 10.0. The fourth-order valence-electron chi connectivity index (χ4n) is 2.30. The summed E-state index contributed by atoms with van der Waals surface area (Å²) in [5, 5.41) is 6.25. The van der Waals surface area contributed by atoms with Crippen molar-refractivity contribution in [2.45, 2.75) is 13.0 Å². The normalized spacial score (nSPS) is 21.2. The molecule has 2 rings (SSSR count). The van der Waals surface area contributed by atoms with Crippen molar-refractivity contribution < 1.29 is 14.3 Å². The first-order valence-electron chi connectivity index (χ1n) is 6.74. The Bertz CT molecular complexity index is 550. The van der Waals surface area contributed by atoms with Crippen LogP contribution >= 0.6 is 11.6 Å². The molecule has 6 nitrogen and oxygen atoms in total. The SMILES string of the molecule is CCNC1COCC1C(=O)Nc1ccc(Cl)c(C(N)=O)c1. The summed E-state index contributed by atoms with van der Waals surface area (Å²) in [7, 11) is 0. The summed E-state index contributed by atoms with van der Waals surface area (Å²) in [4.78, 5) is 23.5. The van der Waals surface area contributed by atoms with Gasteiger partial charge in [0.25, 0.3) is 0 Å². The lowest BCUT2D eigenvalue weighted by Crippen LogP contribution is -2.41. The number of nitrogens with one attached hydrogen (secondary N) is 2. The molecular weight excluding hydrogens is 294 g/mol. The van der Waals surface area contributed by atoms with Gasteiger partial charge in [-0.15, -0.1) is 0 Å². The molecule has 0 spiro atoms. The van der Waals surface area contributed by atoms with Crippen LogP contribution in [-0.4, -0.2) is 37.6 Å². The van der Waals surface area contributed by atoms with Crippen LogP contribution in [0.15, 0.2) is 18.2 Å². The number of hydrogen-bond donors (Lipinski definition) is 3. The minimum atomic E-state index is -0.633. The van der Waals surface area contributed by atoms with Gasteiger partial charge in [0.15, 0.2) is 0 Å². The first kappa shape index (κ1) is 15.8. The quantitative estimate of drug-likeness (QED) is 0.756. The monoisotopic (exact) mass is 311 g/mol. The predicted octanol–water partition coefficient (Wildman–Crippen LogP) is 1.00. The van der Waals surface area contributed by atoms with Gasteiger partial charge >= 0.3 is 0 Å². The van der Waals surface area contributed by atoms with E-state index in [-0.39, 0.29) is 28.5 Å². The average molecular weight is 312 g/mol. The molecular formula is C14H18ClN3O3. The Hall–Kier alpha value is -1.63. The van der Waals surface area contributed by atoms with Crippen molar-refractivity contribution in [3.05, 3.63) is 28.8 Å². The van der Waals surface area contributed by atoms with E-state index in [2.05, 4.69) is 10.6 Å². The number of carbonyl (C=O) groups excluding carboxylic acids is 2. The Morgan fingerprint density at radius 1 is 1.43 bits per heavy atom. The third-order valence-electron chi connectivity index (χ3n) is 3.38. The number of likely N-dealkylation sites (N-methyl/N-ethyl adjacent to an activating group) is 1. The first-order chi connectivity index (χ1) is 10.0. The molecule has 4 N–H and O–H groups in total. The summed E-state index contributed by atoms with van der Waals surface area (Å²) in [6, 6.07) is 4.63. The van der Waals surface area contributed by atoms with E-state index in [1.54, 1.807) is 6.07 Å². The zero-order valence-electron chi connectivity index (χ0n) is 11.7. The lowest BCUT2D eigenvalue weighted by Gasteiger charge is -2.18. The van der Waals surface area contributed by atoms with E-state index < -0.39 is 5.91 Å². The van der Waals surface area contributed by atoms with Crippen LogP contribution in [0.4, 0.5) is 5.69 Å². The molecule has 2 unspecified atom stereocenters. The highest BCUT2D eigenvalue weighted by Crippen LogP contribution is 2.22. The van der Waals surface area contributed by atoms with E-state index in [4.69, 9.17) is 22.1 Å². The smallest absolute Gasteiger partial charge is 0.250 e. The van der Waals surface area contributed by atoms with Crippen LogP contribution in [0.3, 0.4) is 0 Å². The van der Waals surface area contributed by atoms with Crippen molar-refractivity contribution in [1.29, 1.82) is 0 Å². The zero-order chi connectivity index (χ0) is 15.4. The number of carbonyl (C=O) groups is 2. The maximum atomic E-state index is 12.3. The van der Waals surface area contributed by atoms with Crippen LogP contribution in [0.1, 0.15) is 17.3 Å². The molecule has 1 fully saturated rings. The molecule has 0 radical (unpaired) electrons. The Morgan fingerprint density at radius 3 is 2.86 bits per heavy atom. The number of hydrogen-bond acceptors (Lipinski definition) is 4. The van der Waals surface area contributed by atoms with Crippen LogP contribution in [0.25, 0.3) is 0 Å². The van der Waals surface area contributed by atoms with Crippen molar-refractivity contribution in [2.24, 2.45) is 11.7 Å². The zero-order valence-corrected chi connectivity index (χ0v) is 12.4. The maximum Gasteiger partial charge on any atom is 0.250 e. The standard InChI is InChI=1S/C14H18ClN3O3/c1-2-17-12-7-21-6-10(12)14(20)18-8-3-4-11(15)9(5-8)13(16)19/h3-5,10,12,17H,2,6-7H2,1H3,(H2,16,19)(H,18,20). The van der Waals surface area contributed by atoms with Crippen LogP contribution in [0, 0.1) is 5.92 Å². The summed E-state index contributed by atoms with van der Waals surface area (Å²) in [6.07, 6.45) is 0. The van der Waals surface area contributed by atoms with Gasteiger partial charge in [0.1, 0.15) is 0 Å². The van der Waals surface area contributed by atoms with Crippen LogP contribution in [-0.2, 0) is 9.53 Å². The molecule has 0 bridgehead atoms. The fourth-order valence-corrected chi connectivity index (χ4v) is 2.51. The molecule has 0 saturated carbocycles. The van der Waals surface area contributed by atoms with Crippen LogP contribution in [0.5, 0.6) is 0 Å². The molecule has 1 aliphatic heterocycles. The second kappa shape index (κ2) is 6.89. The molecule has 1 aromatic carbocycles. The molecule has 2 amide bonds. The van der Waals surface area contributed by atoms with Crippen molar-refractivity contribution >= 4 is 29.1 Å². The molecule has 1 aromatic rings. The molecule has 1 saturated heterocycles. The number of primary amides is 1. The molecule has 1 aliphatic rings. The minimum absolute atomic E-state index is 0.00193. The second-order valence-electron chi connectivity index (χ2n) is 4.86. The van der Waals surface area contributed by atoms with Gasteiger partial charge in [-0.3, -0.25) is 9.59 Å². The maximum absolute atomic E-state index is 12.3. The summed E-state index contributed by atoms with van der Waals surface area (Å²) in [5.41, 5.74) is 5.90. The van der Waals surface area contributed by atoms with E-state index in [1.807, 2.05) is 6.92 Å². The van der Waals surface area contributed by atoms with E-state index >= 15 is 0 Å². The van der Waals surface area contributed by atoms with Gasteiger partial charge in [0, 0.05) is 11.7 Å². The van der Waals surface area contributed by atoms with Gasteiger partial charge < -0.3 is 21.1 Å². The highest BCUT2D eigenvalue weighted by Gasteiger charge is 2.33. The molecule has 0 aliphatic carbocycles. The van der Waals surface area contributed by atoms with Gasteiger partial charge in [0.05, 0.1) is 29.7 Å². The highest BCUT2D eigenvalue weighted by atomic mass is 35.5. The van der Waals surface area contributed by atoms with E-state index in [9.17, 15) is 9.59 Å². The van der Waals surface area contributed by atoms with Crippen molar-refractivity contribution in [2.75, 3.05) is 25.1 Å². The molecule has 2 atom stereocenters. The summed E-state index contributed by atoms with van der Waals surface area (Å²) < 4.78 is 5.34. The summed E-state index contributed by atoms with van der Waals surface area (Å²) >= 11 is 5.88. The third-order valence-corrected chi connectivity index (χ3v) is 3.71. The fraction of sp³-hybridized carbons (Fsp3) is 0.429. The molecule has 0 aromatic heterocycles. The van der Waals surface area contributed by atoms with Crippen LogP contribution in [0.2, 0.25) is 5.02 Å². The van der Waals surface area contributed by atoms with E-state index in [0.717, 1.165) is 6.54 Å². The molecule has 7 heteroatoms. The van der Waals surface area contributed by atoms with Gasteiger partial charge in [-0.2, -0.15) is 0 Å². The minimum Gasteiger partial charge on any atom is -0.379 e. The van der Waals surface area contributed by atoms with Crippen molar-refractivity contribution in [3.8, 4) is 0 Å². The first-order valence-corrected chi connectivity index (χ1v) is 7.12. The number of amides is 2. The van der Waals surface area contributed by atoms with Gasteiger partial charge in [-0.05, 0) is 24.7 Å². The van der Waals surface area contributed by atoms with Crippen molar-refractivity contribution in [3.63, 3.8) is 0 Å². The Balaban J connectivity index is 2.09. The van der Waals surface area contributed by atoms with Crippen LogP contribution < -0.4 is 16.4 Å². The largest absolute Gasteiger partial charge is 0.379 e. The highest BCUT2D eigenvalue weighted by molar-refractivity contribution is 6.34. The predicted molar refractivity (Wildman–Crippen MR) is 80.4 cm³/mol. The summed E-state index contributed by atoms with van der Waals surface area (Å²) in [5.74, 6) is -1.06. The topological polar surface area (TPSA) is 93.4 Å². The number of anilines is 1. The van der Waals surface area contributed by atoms with E-state index in [1.165, 1.54) is 12.1 Å². The van der Waals surface area contributed by atoms with Gasteiger partial charge in [0.2, 0.25) is 11.8 Å². The van der Waals surface area contributed by atoms with Crippen molar-refractivity contribution in [1.82, 2.24) is 5.32 Å². The average Bonchev–Trinajstić information content (AvgIpc) is 2.89. The number of nitrogens with two attached hydrogens (primary N) is 1. The third kappa shape index (κ3) is 3.72. The number of halogens is 1. The second-order valence-corrected chi connectivity index (χ2v) is 5.26. The Kier molecular flexibility index (Phi) is 5.17. The molecule has 1 heterocycles. The van der Waals surface area contributed by atoms with E-state index in [0.29, 0.717) is 18.9 Å².